The van der Waals surface area contributed by atoms with Crippen LogP contribution in [0.25, 0.3) is 0 Å². The normalized spacial score (nSPS) is 17.2. The first-order valence-electron chi connectivity index (χ1n) is 16.8. The summed E-state index contributed by atoms with van der Waals surface area (Å²) in [5.74, 6) is -1.46. The fraction of sp³-hybridized carbons (Fsp3) is 0.594. The summed E-state index contributed by atoms with van der Waals surface area (Å²) in [4.78, 5) is 58.4. The lowest BCUT2D eigenvalue weighted by molar-refractivity contribution is -0.123. The minimum Gasteiger partial charge on any atom is -0.410 e. The Morgan fingerprint density at radius 1 is 1.02 bits per heavy atom. The molecule has 3 amide bonds. The van der Waals surface area contributed by atoms with Crippen LogP contribution < -0.4 is 16.0 Å². The average Bonchev–Trinajstić information content (AvgIpc) is 3.08. The van der Waals surface area contributed by atoms with Crippen molar-refractivity contribution in [1.29, 1.82) is 0 Å². The average molecular weight is 718 g/mol. The molecule has 49 heavy (non-hydrogen) atoms. The summed E-state index contributed by atoms with van der Waals surface area (Å²) in [6, 6.07) is 8.61. The summed E-state index contributed by atoms with van der Waals surface area (Å²) in [5.41, 5.74) is -0.272. The summed E-state index contributed by atoms with van der Waals surface area (Å²) >= 11 is 0. The van der Waals surface area contributed by atoms with Crippen LogP contribution in [0.5, 0.6) is 0 Å². The van der Waals surface area contributed by atoms with Crippen LogP contribution in [0.15, 0.2) is 48.9 Å². The Morgan fingerprint density at radius 3 is 2.31 bits per heavy atom. The molecule has 14 nitrogen and oxygen atoms in total. The molecule has 1 aromatic carbocycles. The maximum absolute atomic E-state index is 13.8. The zero-order valence-electron chi connectivity index (χ0n) is 28.2. The highest BCUT2D eigenvalue weighted by Crippen LogP contribution is 2.28. The van der Waals surface area contributed by atoms with E-state index in [-0.39, 0.29) is 30.4 Å². The third-order valence-corrected chi connectivity index (χ3v) is 9.61. The highest BCUT2D eigenvalue weighted by Gasteiger charge is 2.35. The van der Waals surface area contributed by atoms with Gasteiger partial charge in [-0.2, -0.15) is 4.89 Å². The van der Waals surface area contributed by atoms with E-state index in [9.17, 15) is 23.5 Å². The molecule has 0 radical (unpaired) electrons. The molecule has 2 heterocycles. The maximum atomic E-state index is 13.8. The minimum absolute atomic E-state index is 0.119. The van der Waals surface area contributed by atoms with Crippen molar-refractivity contribution >= 4 is 41.3 Å². The first-order chi connectivity index (χ1) is 23.7. The molecule has 0 bridgehead atoms. The Hall–Kier alpha value is -3.19. The van der Waals surface area contributed by atoms with Gasteiger partial charge in [-0.1, -0.05) is 44.2 Å². The van der Waals surface area contributed by atoms with Crippen molar-refractivity contribution in [2.45, 2.75) is 82.7 Å². The van der Waals surface area contributed by atoms with Gasteiger partial charge in [-0.05, 0) is 74.2 Å². The molecular formula is C32H48BN6O8P2+. The van der Waals surface area contributed by atoms with Crippen molar-refractivity contribution in [3.05, 3.63) is 60.2 Å². The van der Waals surface area contributed by atoms with E-state index in [1.807, 2.05) is 30.3 Å². The summed E-state index contributed by atoms with van der Waals surface area (Å²) in [7, 11) is -4.02. The van der Waals surface area contributed by atoms with Gasteiger partial charge < -0.3 is 30.2 Å². The van der Waals surface area contributed by atoms with E-state index in [1.54, 1.807) is 0 Å². The van der Waals surface area contributed by atoms with Crippen LogP contribution >= 0.6 is 16.5 Å². The first kappa shape index (κ1) is 40.2. The molecule has 1 aliphatic heterocycles. The van der Waals surface area contributed by atoms with Crippen LogP contribution in [0.2, 0.25) is 0 Å². The number of carbonyl (C=O) groups excluding carboxylic acids is 3. The van der Waals surface area contributed by atoms with Crippen molar-refractivity contribution < 1.29 is 37.7 Å². The van der Waals surface area contributed by atoms with Gasteiger partial charge in [-0.25, -0.2) is 4.98 Å². The highest BCUT2D eigenvalue weighted by molar-refractivity contribution is 7.52. The summed E-state index contributed by atoms with van der Waals surface area (Å²) in [6.45, 7) is 7.32. The Labute approximate surface area is 291 Å². The smallest absolute Gasteiger partial charge is 0.410 e. The third kappa shape index (κ3) is 15.5. The van der Waals surface area contributed by atoms with E-state index in [0.29, 0.717) is 32.6 Å². The molecule has 1 fully saturated rings. The number of hydrogen-bond acceptors (Lipinski definition) is 10. The van der Waals surface area contributed by atoms with E-state index in [4.69, 9.17) is 14.2 Å². The van der Waals surface area contributed by atoms with Gasteiger partial charge in [0.25, 0.3) is 5.91 Å². The monoisotopic (exact) mass is 717 g/mol. The standard InChI is InChI=1S/C32H47BN6O8P2/c1-24(2)21-28(37-30(41)26(22-25-11-4-3-5-12-25)36-31(42)27-23-34-14-15-35-27)33-46-19-8-6-16-39(17-7-9-20-47-33)18-10-13-29(40)38-32(48-43)49(44)45/h3-5,11-12,14-15,23-24,26,28,32H,6-10,13,16-22H2,1-2H3,(H3-,36,37,38,40,41,42,44,45)/p+1/t26-,28-,32?/m1/s1. The number of aromatic nitrogens is 2. The Kier molecular flexibility index (Phi) is 18.5. The summed E-state index contributed by atoms with van der Waals surface area (Å²) in [6.07, 6.45) is 9.12. The van der Waals surface area contributed by atoms with E-state index in [2.05, 4.69) is 44.7 Å². The summed E-state index contributed by atoms with van der Waals surface area (Å²) in [5, 5.41) is 8.31. The molecule has 1 aliphatic rings. The molecule has 0 saturated carbocycles. The van der Waals surface area contributed by atoms with Gasteiger partial charge in [0.05, 0.1) is 12.1 Å². The second-order valence-corrected chi connectivity index (χ2v) is 14.6. The lowest BCUT2D eigenvalue weighted by Crippen LogP contribution is -2.56. The van der Waals surface area contributed by atoms with Crippen LogP contribution in [-0.2, 0) is 34.4 Å². The zero-order valence-corrected chi connectivity index (χ0v) is 30.0. The number of carbonyl (C=O) groups is 3. The van der Waals surface area contributed by atoms with Gasteiger partial charge in [0.1, 0.15) is 11.7 Å². The second-order valence-electron chi connectivity index (χ2n) is 12.4. The van der Waals surface area contributed by atoms with Gasteiger partial charge in [0.15, 0.2) is 0 Å². The lowest BCUT2D eigenvalue weighted by Gasteiger charge is -2.29. The predicted molar refractivity (Wildman–Crippen MR) is 186 cm³/mol. The highest BCUT2D eigenvalue weighted by atomic mass is 31.2. The molecule has 4 atom stereocenters. The molecule has 266 valence electrons. The number of hydrogen-bond donors (Lipinski definition) is 4. The van der Waals surface area contributed by atoms with Crippen molar-refractivity contribution in [1.82, 2.24) is 30.8 Å². The first-order valence-corrected chi connectivity index (χ1v) is 19.0. The molecule has 3 rings (SSSR count). The quantitative estimate of drug-likeness (QED) is 0.147. The van der Waals surface area contributed by atoms with Crippen molar-refractivity contribution in [3.8, 4) is 0 Å². The summed E-state index contributed by atoms with van der Waals surface area (Å²) < 4.78 is 34.6. The molecule has 0 aliphatic carbocycles. The number of amides is 3. The Morgan fingerprint density at radius 2 is 1.71 bits per heavy atom. The van der Waals surface area contributed by atoms with Crippen LogP contribution in [0.4, 0.5) is 0 Å². The van der Waals surface area contributed by atoms with Gasteiger partial charge in [-0.3, -0.25) is 23.9 Å². The number of nitrogens with one attached hydrogen (secondary N) is 3. The van der Waals surface area contributed by atoms with Gasteiger partial charge >= 0.3 is 20.7 Å². The van der Waals surface area contributed by atoms with Crippen molar-refractivity contribution in [2.75, 3.05) is 32.8 Å². The fourth-order valence-electron chi connectivity index (χ4n) is 5.43. The van der Waals surface area contributed by atoms with E-state index in [1.165, 1.54) is 18.6 Å². The molecule has 1 aromatic heterocycles. The predicted octanol–water partition coefficient (Wildman–Crippen LogP) is 3.49. The second kappa shape index (κ2) is 22.5. The Bertz CT molecular complexity index is 1320. The molecule has 0 spiro atoms. The van der Waals surface area contributed by atoms with Gasteiger partial charge in [0, 0.05) is 38.4 Å². The largest absolute Gasteiger partial charge is 0.543 e. The molecule has 2 aromatic rings. The van der Waals surface area contributed by atoms with E-state index in [0.717, 1.165) is 44.3 Å². The Balaban J connectivity index is 1.59. The topological polar surface area (TPSA) is 189 Å². The molecule has 4 N–H and O–H groups in total. The van der Waals surface area contributed by atoms with Crippen molar-refractivity contribution in [3.63, 3.8) is 0 Å². The van der Waals surface area contributed by atoms with Crippen LogP contribution in [0, 0.1) is 5.92 Å². The zero-order chi connectivity index (χ0) is 35.4. The molecule has 2 unspecified atom stereocenters. The number of benzene rings is 1. The third-order valence-electron chi connectivity index (χ3n) is 7.86. The molecule has 1 saturated heterocycles. The fourth-order valence-corrected chi connectivity index (χ4v) is 6.20. The van der Waals surface area contributed by atoms with E-state index < -0.39 is 52.9 Å². The van der Waals surface area contributed by atoms with E-state index >= 15 is 0 Å². The van der Waals surface area contributed by atoms with Crippen LogP contribution in [0.3, 0.4) is 0 Å². The molecular weight excluding hydrogens is 669 g/mol. The van der Waals surface area contributed by atoms with Crippen LogP contribution in [-0.4, -0.2) is 95.0 Å². The van der Waals surface area contributed by atoms with Gasteiger partial charge in [0.2, 0.25) is 20.3 Å². The lowest BCUT2D eigenvalue weighted by atomic mass is 9.73. The van der Waals surface area contributed by atoms with Crippen LogP contribution in [0.1, 0.15) is 74.8 Å². The maximum Gasteiger partial charge on any atom is 0.543 e. The van der Waals surface area contributed by atoms with Crippen molar-refractivity contribution in [2.24, 2.45) is 5.92 Å². The van der Waals surface area contributed by atoms with Gasteiger partial charge in [-0.15, -0.1) is 0 Å². The molecule has 17 heteroatoms. The SMILES string of the molecule is CC(C)C[C@@H](NC(=O)[C@@H](Cc1ccccc1)NC(=O)c1cnccn1)B1OCCCCN(CCCC(=O)NC(P=O)[P+](=O)O)CCCCO1. The minimum atomic E-state index is -2.76. The number of nitrogens with zero attached hydrogens (tertiary/aromatic N) is 3. The number of rotatable bonds is 16.